The molecule has 5 heteroatoms. The minimum absolute atomic E-state index is 0.286. The van der Waals surface area contributed by atoms with Crippen LogP contribution in [-0.2, 0) is 17.8 Å². The van der Waals surface area contributed by atoms with Crippen molar-refractivity contribution in [3.63, 3.8) is 0 Å². The van der Waals surface area contributed by atoms with Gasteiger partial charge in [0.1, 0.15) is 0 Å². The number of carbonyl (C=O) groups is 1. The van der Waals surface area contributed by atoms with Gasteiger partial charge in [-0.3, -0.25) is 4.79 Å². The smallest absolute Gasteiger partial charge is 0.225 e. The minimum Gasteiger partial charge on any atom is -0.369 e. The van der Waals surface area contributed by atoms with Crippen LogP contribution in [0.1, 0.15) is 60.9 Å². The van der Waals surface area contributed by atoms with E-state index in [0.29, 0.717) is 6.54 Å². The van der Waals surface area contributed by atoms with E-state index in [4.69, 9.17) is 5.73 Å². The van der Waals surface area contributed by atoms with Crippen LogP contribution >= 0.6 is 0 Å². The number of rotatable bonds is 3. The second-order valence-electron chi connectivity index (χ2n) is 9.25. The van der Waals surface area contributed by atoms with Crippen molar-refractivity contribution in [1.82, 2.24) is 0 Å². The molecule has 2 aromatic rings. The van der Waals surface area contributed by atoms with Crippen LogP contribution < -0.4 is 10.6 Å². The first-order valence-corrected chi connectivity index (χ1v) is 10.1. The Morgan fingerprint density at radius 2 is 1.59 bits per heavy atom. The summed E-state index contributed by atoms with van der Waals surface area (Å²) in [4.78, 5) is 14.4. The highest BCUT2D eigenvalue weighted by Crippen LogP contribution is 2.40. The number of nitrogens with two attached hydrogens (primary N) is 1. The predicted molar refractivity (Wildman–Crippen MR) is 113 cm³/mol. The lowest BCUT2D eigenvalue weighted by molar-refractivity contribution is -0.121. The number of hydrogen-bond acceptors (Lipinski definition) is 2. The fourth-order valence-corrected chi connectivity index (χ4v) is 4.57. The number of fused-ring (bicyclic) bond motifs is 1. The molecule has 1 aliphatic heterocycles. The van der Waals surface area contributed by atoms with E-state index in [2.05, 4.69) is 17.0 Å². The van der Waals surface area contributed by atoms with Crippen molar-refractivity contribution in [1.29, 1.82) is 0 Å². The van der Waals surface area contributed by atoms with E-state index in [1.807, 2.05) is 34.6 Å². The topological polar surface area (TPSA) is 46.3 Å². The Morgan fingerprint density at radius 3 is 2.10 bits per heavy atom. The molecular formula is C24H30F2N2O. The van der Waals surface area contributed by atoms with Crippen LogP contribution in [0.3, 0.4) is 0 Å². The van der Waals surface area contributed by atoms with Crippen molar-refractivity contribution in [2.45, 2.75) is 59.9 Å². The Balaban J connectivity index is 2.00. The van der Waals surface area contributed by atoms with Gasteiger partial charge in [0.25, 0.3) is 0 Å². The fraction of sp³-hybridized carbons (Fsp3) is 0.458. The van der Waals surface area contributed by atoms with E-state index in [1.165, 1.54) is 12.1 Å². The molecule has 2 N–H and O–H groups in total. The van der Waals surface area contributed by atoms with Gasteiger partial charge >= 0.3 is 0 Å². The fourth-order valence-electron chi connectivity index (χ4n) is 4.57. The maximum atomic E-state index is 13.8. The molecule has 0 fully saturated rings. The highest BCUT2D eigenvalue weighted by Gasteiger charge is 2.33. The highest BCUT2D eigenvalue weighted by atomic mass is 19.2. The molecule has 0 aliphatic carbocycles. The second kappa shape index (κ2) is 7.77. The number of aryl methyl sites for hydroxylation is 3. The quantitative estimate of drug-likeness (QED) is 0.775. The molecule has 1 aliphatic rings. The normalized spacial score (nSPS) is 15.6. The summed E-state index contributed by atoms with van der Waals surface area (Å²) in [6.07, 6.45) is 1.59. The Labute approximate surface area is 171 Å². The summed E-state index contributed by atoms with van der Waals surface area (Å²) < 4.78 is 27.4. The zero-order valence-electron chi connectivity index (χ0n) is 17.9. The number of nitrogens with zero attached hydrogens (tertiary/aromatic N) is 1. The molecule has 1 amide bonds. The third-order valence-corrected chi connectivity index (χ3v) is 5.86. The molecule has 3 rings (SSSR count). The second-order valence-corrected chi connectivity index (χ2v) is 9.25. The zero-order chi connectivity index (χ0) is 21.5. The molecule has 3 nitrogen and oxygen atoms in total. The molecular weight excluding hydrogens is 370 g/mol. The summed E-state index contributed by atoms with van der Waals surface area (Å²) in [6, 6.07) is 6.80. The number of primary amides is 1. The van der Waals surface area contributed by atoms with Crippen LogP contribution in [0.5, 0.6) is 0 Å². The summed E-state index contributed by atoms with van der Waals surface area (Å²) in [5.74, 6) is -2.29. The molecule has 156 valence electrons. The SMILES string of the molecule is Cc1cc(N2CCCc3cc(F)c(F)cc3C2)cc(C)c1C(C(N)=O)C(C)(C)C. The van der Waals surface area contributed by atoms with Gasteiger partial charge < -0.3 is 10.6 Å². The molecule has 0 bridgehead atoms. The maximum Gasteiger partial charge on any atom is 0.225 e. The lowest BCUT2D eigenvalue weighted by Gasteiger charge is -2.32. The molecule has 1 unspecified atom stereocenters. The van der Waals surface area contributed by atoms with E-state index >= 15 is 0 Å². The van der Waals surface area contributed by atoms with Gasteiger partial charge in [-0.1, -0.05) is 20.8 Å². The molecule has 0 saturated heterocycles. The summed E-state index contributed by atoms with van der Waals surface area (Å²) in [5.41, 5.74) is 11.2. The van der Waals surface area contributed by atoms with Crippen LogP contribution in [0.15, 0.2) is 24.3 Å². The molecule has 1 heterocycles. The Kier molecular flexibility index (Phi) is 5.70. The van der Waals surface area contributed by atoms with Crippen molar-refractivity contribution in [2.75, 3.05) is 11.4 Å². The maximum absolute atomic E-state index is 13.8. The number of halogens is 2. The number of benzene rings is 2. The van der Waals surface area contributed by atoms with Crippen molar-refractivity contribution in [3.05, 3.63) is 63.7 Å². The first-order valence-electron chi connectivity index (χ1n) is 10.1. The van der Waals surface area contributed by atoms with Gasteiger partial charge in [-0.2, -0.15) is 0 Å². The van der Waals surface area contributed by atoms with Gasteiger partial charge in [0.05, 0.1) is 5.92 Å². The molecule has 2 aromatic carbocycles. The monoisotopic (exact) mass is 400 g/mol. The lowest BCUT2D eigenvalue weighted by atomic mass is 9.73. The Hall–Kier alpha value is -2.43. The molecule has 0 saturated carbocycles. The number of hydrogen-bond donors (Lipinski definition) is 1. The first kappa shape index (κ1) is 21.3. The standard InChI is InChI=1S/C24H30F2N2O/c1-14-9-18(10-15(2)21(14)22(23(27)29)24(3,4)5)28-8-6-7-16-11-19(25)20(26)12-17(16)13-28/h9-12,22H,6-8,13H2,1-5H3,(H2,27,29). The van der Waals surface area contributed by atoms with E-state index in [9.17, 15) is 13.6 Å². The molecule has 0 radical (unpaired) electrons. The van der Waals surface area contributed by atoms with Gasteiger partial charge in [0.2, 0.25) is 5.91 Å². The third kappa shape index (κ3) is 4.29. The summed E-state index contributed by atoms with van der Waals surface area (Å²) in [6.45, 7) is 11.4. The van der Waals surface area contributed by atoms with E-state index in [1.54, 1.807) is 0 Å². The van der Waals surface area contributed by atoms with Crippen molar-refractivity contribution < 1.29 is 13.6 Å². The average molecular weight is 401 g/mol. The number of carbonyl (C=O) groups excluding carboxylic acids is 1. The first-order chi connectivity index (χ1) is 13.5. The van der Waals surface area contributed by atoms with Crippen LogP contribution in [0, 0.1) is 30.9 Å². The van der Waals surface area contributed by atoms with Crippen LogP contribution in [0.4, 0.5) is 14.5 Å². The van der Waals surface area contributed by atoms with E-state index in [-0.39, 0.29) is 17.2 Å². The van der Waals surface area contributed by atoms with Gasteiger partial charge in [-0.25, -0.2) is 8.78 Å². The Morgan fingerprint density at radius 1 is 1.03 bits per heavy atom. The van der Waals surface area contributed by atoms with Gasteiger partial charge in [-0.15, -0.1) is 0 Å². The Bertz CT molecular complexity index is 924. The number of amides is 1. The molecule has 0 aromatic heterocycles. The molecule has 1 atom stereocenters. The molecule has 0 spiro atoms. The van der Waals surface area contributed by atoms with Gasteiger partial charge in [0.15, 0.2) is 11.6 Å². The van der Waals surface area contributed by atoms with Crippen LogP contribution in [-0.4, -0.2) is 12.5 Å². The minimum atomic E-state index is -0.803. The summed E-state index contributed by atoms with van der Waals surface area (Å²) >= 11 is 0. The van der Waals surface area contributed by atoms with Crippen LogP contribution in [0.25, 0.3) is 0 Å². The van der Waals surface area contributed by atoms with Crippen LogP contribution in [0.2, 0.25) is 0 Å². The highest BCUT2D eigenvalue weighted by molar-refractivity contribution is 5.84. The van der Waals surface area contributed by atoms with Crippen molar-refractivity contribution in [2.24, 2.45) is 11.1 Å². The van der Waals surface area contributed by atoms with Crippen molar-refractivity contribution in [3.8, 4) is 0 Å². The predicted octanol–water partition coefficient (Wildman–Crippen LogP) is 5.15. The average Bonchev–Trinajstić information content (AvgIpc) is 2.79. The van der Waals surface area contributed by atoms with Crippen molar-refractivity contribution >= 4 is 11.6 Å². The zero-order valence-corrected chi connectivity index (χ0v) is 17.9. The van der Waals surface area contributed by atoms with E-state index in [0.717, 1.165) is 52.9 Å². The lowest BCUT2D eigenvalue weighted by Crippen LogP contribution is -2.33. The largest absolute Gasteiger partial charge is 0.369 e. The third-order valence-electron chi connectivity index (χ3n) is 5.86. The number of anilines is 1. The molecule has 29 heavy (non-hydrogen) atoms. The van der Waals surface area contributed by atoms with Gasteiger partial charge in [-0.05, 0) is 84.2 Å². The van der Waals surface area contributed by atoms with E-state index < -0.39 is 11.6 Å². The summed E-state index contributed by atoms with van der Waals surface area (Å²) in [5, 5.41) is 0. The summed E-state index contributed by atoms with van der Waals surface area (Å²) in [7, 11) is 0. The van der Waals surface area contributed by atoms with Gasteiger partial charge in [0, 0.05) is 18.8 Å².